The summed E-state index contributed by atoms with van der Waals surface area (Å²) in [6.45, 7) is 6.24. The quantitative estimate of drug-likeness (QED) is 0.834. The second kappa shape index (κ2) is 7.72. The molecule has 2 N–H and O–H groups in total. The Morgan fingerprint density at radius 2 is 2.04 bits per heavy atom. The number of nitrogens with zero attached hydrogens (tertiary/aromatic N) is 2. The number of carbonyl (C=O) groups is 1. The molecule has 0 fully saturated rings. The van der Waals surface area contributed by atoms with Gasteiger partial charge in [0.15, 0.2) is 0 Å². The van der Waals surface area contributed by atoms with E-state index in [9.17, 15) is 14.4 Å². The van der Waals surface area contributed by atoms with Crippen molar-refractivity contribution in [2.45, 2.75) is 46.7 Å². The Morgan fingerprint density at radius 3 is 2.71 bits per heavy atom. The Morgan fingerprint density at radius 1 is 1.29 bits per heavy atom. The molecule has 7 nitrogen and oxygen atoms in total. The molecule has 0 spiro atoms. The van der Waals surface area contributed by atoms with Gasteiger partial charge < -0.3 is 10.3 Å². The number of aromatic amines is 1. The fourth-order valence-corrected chi connectivity index (χ4v) is 2.40. The zero-order valence-electron chi connectivity index (χ0n) is 14.2. The van der Waals surface area contributed by atoms with Crippen molar-refractivity contribution in [2.24, 2.45) is 0 Å². The number of rotatable bonds is 6. The van der Waals surface area contributed by atoms with Crippen molar-refractivity contribution in [3.63, 3.8) is 0 Å². The SMILES string of the molecule is CCCCn1nc(C(=O)NCc2c(C)cc(C)[nH]c2=O)ccc1=O. The molecule has 2 heterocycles. The van der Waals surface area contributed by atoms with E-state index in [-0.39, 0.29) is 23.4 Å². The van der Waals surface area contributed by atoms with Gasteiger partial charge in [-0.2, -0.15) is 5.10 Å². The molecular weight excluding hydrogens is 308 g/mol. The molecule has 2 aromatic rings. The molecule has 0 aliphatic heterocycles. The molecule has 7 heteroatoms. The van der Waals surface area contributed by atoms with E-state index in [0.29, 0.717) is 12.1 Å². The van der Waals surface area contributed by atoms with Crippen LogP contribution in [0.25, 0.3) is 0 Å². The molecule has 2 aromatic heterocycles. The molecule has 128 valence electrons. The predicted octanol–water partition coefficient (Wildman–Crippen LogP) is 1.28. The van der Waals surface area contributed by atoms with Crippen molar-refractivity contribution < 1.29 is 4.79 Å². The summed E-state index contributed by atoms with van der Waals surface area (Å²) >= 11 is 0. The molecule has 0 radical (unpaired) electrons. The van der Waals surface area contributed by atoms with Gasteiger partial charge in [-0.15, -0.1) is 0 Å². The Balaban J connectivity index is 2.13. The molecule has 0 aliphatic carbocycles. The normalized spacial score (nSPS) is 10.6. The molecule has 0 atom stereocenters. The van der Waals surface area contributed by atoms with Gasteiger partial charge >= 0.3 is 0 Å². The summed E-state index contributed by atoms with van der Waals surface area (Å²) in [6.07, 6.45) is 1.75. The maximum atomic E-state index is 12.2. The van der Waals surface area contributed by atoms with Crippen LogP contribution in [0.3, 0.4) is 0 Å². The maximum absolute atomic E-state index is 12.2. The van der Waals surface area contributed by atoms with Crippen LogP contribution < -0.4 is 16.4 Å². The Hall–Kier alpha value is -2.70. The van der Waals surface area contributed by atoms with Crippen LogP contribution in [0.15, 0.2) is 27.8 Å². The second-order valence-corrected chi connectivity index (χ2v) is 5.76. The third kappa shape index (κ3) is 4.18. The van der Waals surface area contributed by atoms with E-state index in [1.54, 1.807) is 6.92 Å². The number of hydrogen-bond donors (Lipinski definition) is 2. The molecule has 0 saturated heterocycles. The Kier molecular flexibility index (Phi) is 5.68. The fraction of sp³-hybridized carbons (Fsp3) is 0.412. The first kappa shape index (κ1) is 17.7. The average Bonchev–Trinajstić information content (AvgIpc) is 2.52. The number of hydrogen-bond acceptors (Lipinski definition) is 4. The molecule has 1 amide bonds. The lowest BCUT2D eigenvalue weighted by Crippen LogP contribution is -2.31. The van der Waals surface area contributed by atoms with Gasteiger partial charge in [0.1, 0.15) is 5.69 Å². The summed E-state index contributed by atoms with van der Waals surface area (Å²) in [6, 6.07) is 4.58. The summed E-state index contributed by atoms with van der Waals surface area (Å²) in [5.74, 6) is -0.417. The summed E-state index contributed by atoms with van der Waals surface area (Å²) in [5.41, 5.74) is 1.81. The van der Waals surface area contributed by atoms with Crippen LogP contribution in [0, 0.1) is 13.8 Å². The zero-order valence-corrected chi connectivity index (χ0v) is 14.2. The highest BCUT2D eigenvalue weighted by Crippen LogP contribution is 2.03. The van der Waals surface area contributed by atoms with Crippen molar-refractivity contribution >= 4 is 5.91 Å². The van der Waals surface area contributed by atoms with Gasteiger partial charge in [-0.25, -0.2) is 4.68 Å². The first-order valence-corrected chi connectivity index (χ1v) is 7.98. The molecule has 0 unspecified atom stereocenters. The minimum Gasteiger partial charge on any atom is -0.346 e. The van der Waals surface area contributed by atoms with Crippen LogP contribution in [0.5, 0.6) is 0 Å². The monoisotopic (exact) mass is 330 g/mol. The number of unbranched alkanes of at least 4 members (excludes halogenated alkanes) is 1. The molecular formula is C17H22N4O3. The number of pyridine rings is 1. The standard InChI is InChI=1S/C17H22N4O3/c1-4-5-8-21-15(22)7-6-14(20-21)17(24)18-10-13-11(2)9-12(3)19-16(13)23/h6-7,9H,4-5,8,10H2,1-3H3,(H,18,24)(H,19,23). The maximum Gasteiger partial charge on any atom is 0.271 e. The highest BCUT2D eigenvalue weighted by molar-refractivity contribution is 5.91. The van der Waals surface area contributed by atoms with E-state index in [0.717, 1.165) is 24.1 Å². The second-order valence-electron chi connectivity index (χ2n) is 5.76. The summed E-state index contributed by atoms with van der Waals surface area (Å²) in [5, 5.41) is 6.77. The molecule has 0 saturated carbocycles. The van der Waals surface area contributed by atoms with E-state index in [4.69, 9.17) is 0 Å². The fourth-order valence-electron chi connectivity index (χ4n) is 2.40. The molecule has 2 rings (SSSR count). The predicted molar refractivity (Wildman–Crippen MR) is 91.1 cm³/mol. The van der Waals surface area contributed by atoms with E-state index < -0.39 is 5.91 Å². The highest BCUT2D eigenvalue weighted by atomic mass is 16.2. The largest absolute Gasteiger partial charge is 0.346 e. The number of nitrogens with one attached hydrogen (secondary N) is 2. The third-order valence-corrected chi connectivity index (χ3v) is 3.74. The Bertz CT molecular complexity index is 852. The van der Waals surface area contributed by atoms with E-state index >= 15 is 0 Å². The first-order chi connectivity index (χ1) is 11.4. The van der Waals surface area contributed by atoms with Crippen LogP contribution in [0.4, 0.5) is 0 Å². The smallest absolute Gasteiger partial charge is 0.271 e. The lowest BCUT2D eigenvalue weighted by Gasteiger charge is -2.09. The first-order valence-electron chi connectivity index (χ1n) is 7.98. The highest BCUT2D eigenvalue weighted by Gasteiger charge is 2.12. The number of aryl methyl sites for hydroxylation is 3. The van der Waals surface area contributed by atoms with Gasteiger partial charge in [-0.05, 0) is 38.0 Å². The van der Waals surface area contributed by atoms with Crippen LogP contribution >= 0.6 is 0 Å². The molecule has 24 heavy (non-hydrogen) atoms. The Labute approximate surface area is 139 Å². The van der Waals surface area contributed by atoms with Crippen molar-refractivity contribution in [1.29, 1.82) is 0 Å². The van der Waals surface area contributed by atoms with Crippen LogP contribution in [0.2, 0.25) is 0 Å². The van der Waals surface area contributed by atoms with Gasteiger partial charge in [0, 0.05) is 30.4 Å². The molecule has 0 bridgehead atoms. The molecule has 0 aliphatic rings. The van der Waals surface area contributed by atoms with Gasteiger partial charge in [0.05, 0.1) is 0 Å². The number of aromatic nitrogens is 3. The number of amides is 1. The van der Waals surface area contributed by atoms with Gasteiger partial charge in [0.2, 0.25) is 0 Å². The van der Waals surface area contributed by atoms with Crippen molar-refractivity contribution in [1.82, 2.24) is 20.1 Å². The average molecular weight is 330 g/mol. The molecule has 0 aromatic carbocycles. The minimum atomic E-state index is -0.417. The van der Waals surface area contributed by atoms with E-state index in [1.807, 2.05) is 19.9 Å². The topological polar surface area (TPSA) is 96.8 Å². The van der Waals surface area contributed by atoms with Crippen LogP contribution in [-0.2, 0) is 13.1 Å². The van der Waals surface area contributed by atoms with Gasteiger partial charge in [0.25, 0.3) is 17.0 Å². The lowest BCUT2D eigenvalue weighted by atomic mass is 10.1. The van der Waals surface area contributed by atoms with Crippen molar-refractivity contribution in [3.05, 3.63) is 61.4 Å². The summed E-state index contributed by atoms with van der Waals surface area (Å²) < 4.78 is 1.29. The minimum absolute atomic E-state index is 0.107. The van der Waals surface area contributed by atoms with Crippen LogP contribution in [-0.4, -0.2) is 20.7 Å². The summed E-state index contributed by atoms with van der Waals surface area (Å²) in [4.78, 5) is 38.6. The summed E-state index contributed by atoms with van der Waals surface area (Å²) in [7, 11) is 0. The van der Waals surface area contributed by atoms with Crippen molar-refractivity contribution in [2.75, 3.05) is 0 Å². The number of H-pyrrole nitrogens is 1. The third-order valence-electron chi connectivity index (χ3n) is 3.74. The van der Waals surface area contributed by atoms with Gasteiger partial charge in [-0.3, -0.25) is 14.4 Å². The van der Waals surface area contributed by atoms with E-state index in [1.165, 1.54) is 16.8 Å². The zero-order chi connectivity index (χ0) is 17.7. The van der Waals surface area contributed by atoms with Crippen molar-refractivity contribution in [3.8, 4) is 0 Å². The van der Waals surface area contributed by atoms with Crippen LogP contribution in [0.1, 0.15) is 47.1 Å². The lowest BCUT2D eigenvalue weighted by molar-refractivity contribution is 0.0943. The number of carbonyl (C=O) groups excluding carboxylic acids is 1. The van der Waals surface area contributed by atoms with E-state index in [2.05, 4.69) is 15.4 Å². The van der Waals surface area contributed by atoms with Gasteiger partial charge in [-0.1, -0.05) is 13.3 Å².